The molecule has 0 unspecified atom stereocenters. The maximum Gasteiger partial charge on any atom is 0.255 e. The second-order valence-electron chi connectivity index (χ2n) is 11.2. The zero-order valence-electron chi connectivity index (χ0n) is 24.5. The quantitative estimate of drug-likeness (QED) is 0.230. The van der Waals surface area contributed by atoms with Crippen LogP contribution < -0.4 is 19.5 Å². The Morgan fingerprint density at radius 2 is 1.80 bits per heavy atom. The minimum Gasteiger partial charge on any atom is -0.492 e. The molecule has 11 heteroatoms. The van der Waals surface area contributed by atoms with E-state index >= 15 is 0 Å². The number of aryl methyl sites for hydroxylation is 1. The highest BCUT2D eigenvalue weighted by Gasteiger charge is 2.23. The second-order valence-corrected chi connectivity index (χ2v) is 13.1. The molecule has 0 atom stereocenters. The molecule has 4 rings (SSSR count). The molecular formula is C30H40N4O6S. The number of aromatic nitrogens is 1. The minimum absolute atomic E-state index is 0.283. The fraction of sp³-hybridized carbons (Fsp3) is 0.400. The van der Waals surface area contributed by atoms with Crippen LogP contribution in [0, 0.1) is 6.92 Å². The summed E-state index contributed by atoms with van der Waals surface area (Å²) in [4.78, 5) is 20.2. The van der Waals surface area contributed by atoms with Gasteiger partial charge in [-0.25, -0.2) is 0 Å². The van der Waals surface area contributed by atoms with Gasteiger partial charge in [-0.05, 0) is 53.8 Å². The Morgan fingerprint density at radius 3 is 2.46 bits per heavy atom. The van der Waals surface area contributed by atoms with E-state index in [1.807, 2.05) is 45.9 Å². The normalized spacial score (nSPS) is 14.8. The largest absolute Gasteiger partial charge is 0.492 e. The van der Waals surface area contributed by atoms with E-state index in [-0.39, 0.29) is 11.3 Å². The number of ether oxygens (including phenoxy) is 3. The van der Waals surface area contributed by atoms with Crippen molar-refractivity contribution < 1.29 is 28.1 Å². The molecule has 1 aromatic heterocycles. The SMILES string of the molecule is COc1c(NC(=O)c2ccc(C)c(Oc3ccnc(CN4CCOCC4)c3)c2)cc(C(C)(C)C)cc1NS(C)(O)O. The molecule has 0 aliphatic carbocycles. The van der Waals surface area contributed by atoms with Crippen LogP contribution in [0.5, 0.6) is 17.2 Å². The van der Waals surface area contributed by atoms with Crippen molar-refractivity contribution in [2.75, 3.05) is 49.7 Å². The van der Waals surface area contributed by atoms with Crippen LogP contribution in [0.3, 0.4) is 0 Å². The highest BCUT2D eigenvalue weighted by Crippen LogP contribution is 2.44. The molecule has 1 fully saturated rings. The predicted molar refractivity (Wildman–Crippen MR) is 164 cm³/mol. The van der Waals surface area contributed by atoms with Gasteiger partial charge in [0, 0.05) is 43.7 Å². The topological polar surface area (TPSA) is 125 Å². The van der Waals surface area contributed by atoms with Gasteiger partial charge in [-0.3, -0.25) is 28.5 Å². The molecule has 0 spiro atoms. The average Bonchev–Trinajstić information content (AvgIpc) is 2.89. The summed E-state index contributed by atoms with van der Waals surface area (Å²) in [6.07, 6.45) is 3.01. The number of pyridine rings is 1. The number of anilines is 2. The lowest BCUT2D eigenvalue weighted by Gasteiger charge is -2.31. The fourth-order valence-electron chi connectivity index (χ4n) is 4.43. The molecule has 1 aliphatic heterocycles. The van der Waals surface area contributed by atoms with Crippen molar-refractivity contribution >= 4 is 28.1 Å². The highest BCUT2D eigenvalue weighted by atomic mass is 32.3. The summed E-state index contributed by atoms with van der Waals surface area (Å²) in [7, 11) is -1.63. The maximum absolute atomic E-state index is 13.5. The van der Waals surface area contributed by atoms with Gasteiger partial charge in [0.05, 0.1) is 37.4 Å². The van der Waals surface area contributed by atoms with Gasteiger partial charge in [0.2, 0.25) is 0 Å². The predicted octanol–water partition coefficient (Wildman–Crippen LogP) is 6.28. The monoisotopic (exact) mass is 584 g/mol. The molecule has 41 heavy (non-hydrogen) atoms. The van der Waals surface area contributed by atoms with E-state index in [0.717, 1.165) is 43.1 Å². The number of morpholine rings is 1. The molecular weight excluding hydrogens is 544 g/mol. The number of nitrogens with zero attached hydrogens (tertiary/aromatic N) is 2. The molecule has 2 heterocycles. The first kappa shape index (κ1) is 30.6. The molecule has 2 aromatic carbocycles. The third kappa shape index (κ3) is 8.34. The van der Waals surface area contributed by atoms with Crippen molar-refractivity contribution in [3.63, 3.8) is 0 Å². The Hall–Kier alpha value is -3.35. The molecule has 0 bridgehead atoms. The van der Waals surface area contributed by atoms with Crippen molar-refractivity contribution in [2.24, 2.45) is 0 Å². The third-order valence-corrected chi connectivity index (χ3v) is 7.27. The van der Waals surface area contributed by atoms with E-state index in [2.05, 4.69) is 19.9 Å². The van der Waals surface area contributed by atoms with E-state index < -0.39 is 10.8 Å². The first-order valence-corrected chi connectivity index (χ1v) is 15.4. The van der Waals surface area contributed by atoms with Gasteiger partial charge in [-0.1, -0.05) is 26.8 Å². The number of carbonyl (C=O) groups is 1. The maximum atomic E-state index is 13.5. The molecule has 1 amide bonds. The van der Waals surface area contributed by atoms with Crippen LogP contribution in [0.4, 0.5) is 11.4 Å². The van der Waals surface area contributed by atoms with Crippen LogP contribution >= 0.6 is 10.8 Å². The van der Waals surface area contributed by atoms with Crippen LogP contribution in [-0.4, -0.2) is 64.6 Å². The number of methoxy groups -OCH3 is 1. The van der Waals surface area contributed by atoms with Gasteiger partial charge < -0.3 is 19.5 Å². The van der Waals surface area contributed by atoms with Crippen LogP contribution in [0.2, 0.25) is 0 Å². The van der Waals surface area contributed by atoms with E-state index in [0.29, 0.717) is 40.7 Å². The Balaban J connectivity index is 1.58. The Bertz CT molecular complexity index is 1380. The van der Waals surface area contributed by atoms with Gasteiger partial charge in [0.15, 0.2) is 5.75 Å². The Morgan fingerprint density at radius 1 is 1.10 bits per heavy atom. The van der Waals surface area contributed by atoms with Gasteiger partial charge in [0.25, 0.3) is 5.91 Å². The van der Waals surface area contributed by atoms with Crippen molar-refractivity contribution in [1.82, 2.24) is 9.88 Å². The van der Waals surface area contributed by atoms with Crippen LogP contribution in [0.25, 0.3) is 0 Å². The zero-order chi connectivity index (χ0) is 29.8. The van der Waals surface area contributed by atoms with E-state index in [9.17, 15) is 13.9 Å². The zero-order valence-corrected chi connectivity index (χ0v) is 25.3. The molecule has 10 nitrogen and oxygen atoms in total. The standard InChI is InChI=1S/C30H40N4O6S/c1-20-7-8-21(15-27(20)40-24-9-10-31-23(18-24)19-34-11-13-39-14-12-34)29(35)32-25-16-22(30(2,3)4)17-26(28(25)38-5)33-41(6,36)37/h7-10,15-18,33,36-37H,11-14,19H2,1-6H3,(H,32,35). The number of rotatable bonds is 9. The number of nitrogens with one attached hydrogen (secondary N) is 2. The van der Waals surface area contributed by atoms with Crippen molar-refractivity contribution in [3.8, 4) is 17.2 Å². The summed E-state index contributed by atoms with van der Waals surface area (Å²) in [5.41, 5.74) is 3.53. The highest BCUT2D eigenvalue weighted by molar-refractivity contribution is 8.24. The number of benzene rings is 2. The van der Waals surface area contributed by atoms with Crippen LogP contribution in [-0.2, 0) is 16.7 Å². The first-order valence-electron chi connectivity index (χ1n) is 13.4. The molecule has 222 valence electrons. The number of hydrogen-bond acceptors (Lipinski definition) is 9. The van der Waals surface area contributed by atoms with Crippen LogP contribution in [0.1, 0.15) is 48.0 Å². The summed E-state index contributed by atoms with van der Waals surface area (Å²) in [5.74, 6) is 1.12. The van der Waals surface area contributed by atoms with Crippen LogP contribution in [0.15, 0.2) is 48.7 Å². The Labute approximate surface area is 243 Å². The second kappa shape index (κ2) is 12.7. The lowest BCUT2D eigenvalue weighted by atomic mass is 9.86. The van der Waals surface area contributed by atoms with Crippen molar-refractivity contribution in [3.05, 3.63) is 71.0 Å². The third-order valence-electron chi connectivity index (χ3n) is 6.67. The van der Waals surface area contributed by atoms with Gasteiger partial charge >= 0.3 is 0 Å². The van der Waals surface area contributed by atoms with Crippen molar-refractivity contribution in [2.45, 2.75) is 39.7 Å². The average molecular weight is 585 g/mol. The number of amides is 1. The van der Waals surface area contributed by atoms with E-state index in [4.69, 9.17) is 14.2 Å². The summed E-state index contributed by atoms with van der Waals surface area (Å²) >= 11 is 0. The number of carbonyl (C=O) groups excluding carboxylic acids is 1. The van der Waals surface area contributed by atoms with E-state index in [1.54, 1.807) is 30.5 Å². The summed E-state index contributed by atoms with van der Waals surface area (Å²) in [6.45, 7) is 11.9. The smallest absolute Gasteiger partial charge is 0.255 e. The molecule has 0 saturated carbocycles. The molecule has 1 aliphatic rings. The summed E-state index contributed by atoms with van der Waals surface area (Å²) in [5, 5.41) is 2.94. The minimum atomic E-state index is -3.09. The van der Waals surface area contributed by atoms with Crippen molar-refractivity contribution in [1.29, 1.82) is 0 Å². The Kier molecular flexibility index (Phi) is 9.45. The molecule has 3 aromatic rings. The lowest BCUT2D eigenvalue weighted by molar-refractivity contribution is 0.0336. The first-order chi connectivity index (χ1) is 19.3. The molecule has 4 N–H and O–H groups in total. The van der Waals surface area contributed by atoms with Gasteiger partial charge in [-0.2, -0.15) is 0 Å². The molecule has 1 saturated heterocycles. The summed E-state index contributed by atoms with van der Waals surface area (Å²) < 4.78 is 40.1. The summed E-state index contributed by atoms with van der Waals surface area (Å²) in [6, 6.07) is 12.6. The lowest BCUT2D eigenvalue weighted by Crippen LogP contribution is -2.35. The van der Waals surface area contributed by atoms with Gasteiger partial charge in [0.1, 0.15) is 11.5 Å². The number of hydrogen-bond donors (Lipinski definition) is 4. The van der Waals surface area contributed by atoms with Gasteiger partial charge in [-0.15, -0.1) is 10.8 Å². The molecule has 0 radical (unpaired) electrons. The van der Waals surface area contributed by atoms with E-state index in [1.165, 1.54) is 13.4 Å². The fourth-order valence-corrected chi connectivity index (χ4v) is 4.99.